The minimum absolute atomic E-state index is 0.284. The molecule has 1 rings (SSSR count). The largest absolute Gasteiger partial charge is 0.206 e. The lowest BCUT2D eigenvalue weighted by molar-refractivity contribution is 0.620. The van der Waals surface area contributed by atoms with Crippen molar-refractivity contribution in [2.45, 2.75) is 0 Å². The van der Waals surface area contributed by atoms with Crippen LogP contribution in [-0.4, -0.2) is 0 Å². The molecule has 0 heterocycles. The molecule has 0 fully saturated rings. The van der Waals surface area contributed by atoms with Gasteiger partial charge in [0.25, 0.3) is 0 Å². The molecule has 0 saturated heterocycles. The second-order valence-electron chi connectivity index (χ2n) is 1.66. The van der Waals surface area contributed by atoms with Crippen LogP contribution in [0, 0.1) is 9.39 Å². The molecule has 1 aromatic rings. The molecule has 0 nitrogen and oxygen atoms in total. The molecule has 0 spiro atoms. The van der Waals surface area contributed by atoms with E-state index in [-0.39, 0.29) is 5.82 Å². The highest BCUT2D eigenvalue weighted by molar-refractivity contribution is 14.1. The second-order valence-corrected chi connectivity index (χ2v) is 3.97. The fourth-order valence-electron chi connectivity index (χ4n) is 0.502. The van der Waals surface area contributed by atoms with Crippen molar-refractivity contribution in [1.29, 1.82) is 0 Å². The first-order valence-electron chi connectivity index (χ1n) is 2.42. The van der Waals surface area contributed by atoms with Gasteiger partial charge in [-0.15, -0.1) is 0 Å². The standard InChI is InChI=1S/C6H2BrClFI/c7-3-1-2-4(9)6(10)5(3)8/h1-2H. The number of hydrogen-bond donors (Lipinski definition) is 0. The molecule has 1 aromatic carbocycles. The van der Waals surface area contributed by atoms with Gasteiger partial charge in [-0.25, -0.2) is 4.39 Å². The molecule has 0 aromatic heterocycles. The maximum Gasteiger partial charge on any atom is 0.138 e. The first kappa shape index (κ1) is 8.74. The van der Waals surface area contributed by atoms with Crippen LogP contribution in [0.1, 0.15) is 0 Å². The van der Waals surface area contributed by atoms with Gasteiger partial charge >= 0.3 is 0 Å². The fraction of sp³-hybridized carbons (Fsp3) is 0. The summed E-state index contributed by atoms with van der Waals surface area (Å²) >= 11 is 10.7. The summed E-state index contributed by atoms with van der Waals surface area (Å²) in [6.45, 7) is 0. The van der Waals surface area contributed by atoms with Crippen LogP contribution in [0.25, 0.3) is 0 Å². The summed E-state index contributed by atoms with van der Waals surface area (Å²) < 4.78 is 13.8. The summed E-state index contributed by atoms with van der Waals surface area (Å²) in [5, 5.41) is 0.431. The van der Waals surface area contributed by atoms with Gasteiger partial charge in [0, 0.05) is 4.47 Å². The van der Waals surface area contributed by atoms with Gasteiger partial charge in [-0.3, -0.25) is 0 Å². The quantitative estimate of drug-likeness (QED) is 0.384. The Balaban J connectivity index is 3.34. The molecule has 0 aliphatic rings. The normalized spacial score (nSPS) is 10.0. The predicted molar refractivity (Wildman–Crippen MR) is 51.8 cm³/mol. The first-order chi connectivity index (χ1) is 4.63. The first-order valence-corrected chi connectivity index (χ1v) is 4.67. The van der Waals surface area contributed by atoms with Gasteiger partial charge < -0.3 is 0 Å². The topological polar surface area (TPSA) is 0 Å². The lowest BCUT2D eigenvalue weighted by Gasteiger charge is -1.98. The molecule has 0 radical (unpaired) electrons. The Labute approximate surface area is 85.0 Å². The summed E-state index contributed by atoms with van der Waals surface area (Å²) in [7, 11) is 0. The number of halogens is 4. The average molecular weight is 335 g/mol. The molecule has 0 atom stereocenters. The molecule has 0 N–H and O–H groups in total. The molecular weight excluding hydrogens is 333 g/mol. The molecule has 0 aliphatic carbocycles. The van der Waals surface area contributed by atoms with Crippen LogP contribution in [0.15, 0.2) is 16.6 Å². The van der Waals surface area contributed by atoms with Crippen molar-refractivity contribution in [2.75, 3.05) is 0 Å². The third kappa shape index (κ3) is 1.62. The van der Waals surface area contributed by atoms with Crippen LogP contribution in [0.5, 0.6) is 0 Å². The number of rotatable bonds is 0. The maximum absolute atomic E-state index is 12.6. The lowest BCUT2D eigenvalue weighted by Crippen LogP contribution is -1.82. The summed E-state index contributed by atoms with van der Waals surface area (Å²) in [6, 6.07) is 2.96. The van der Waals surface area contributed by atoms with Gasteiger partial charge in [0.1, 0.15) is 5.82 Å². The van der Waals surface area contributed by atoms with Crippen LogP contribution in [0.3, 0.4) is 0 Å². The Morgan fingerprint density at radius 2 is 2.10 bits per heavy atom. The third-order valence-corrected chi connectivity index (χ3v) is 3.64. The highest BCUT2D eigenvalue weighted by atomic mass is 127. The molecular formula is C6H2BrClFI. The van der Waals surface area contributed by atoms with E-state index in [0.29, 0.717) is 8.59 Å². The Kier molecular flexibility index (Phi) is 2.94. The Hall–Kier alpha value is 0.650. The molecule has 0 amide bonds. The zero-order valence-electron chi connectivity index (χ0n) is 4.67. The smallest absolute Gasteiger partial charge is 0.138 e. The zero-order chi connectivity index (χ0) is 7.72. The van der Waals surface area contributed by atoms with E-state index in [1.165, 1.54) is 6.07 Å². The van der Waals surface area contributed by atoms with E-state index in [2.05, 4.69) is 15.9 Å². The molecule has 0 unspecified atom stereocenters. The maximum atomic E-state index is 12.6. The molecule has 10 heavy (non-hydrogen) atoms. The minimum atomic E-state index is -0.284. The van der Waals surface area contributed by atoms with Gasteiger partial charge in [0.15, 0.2) is 0 Å². The van der Waals surface area contributed by atoms with Crippen molar-refractivity contribution in [3.05, 3.63) is 31.0 Å². The van der Waals surface area contributed by atoms with Gasteiger partial charge in [0.05, 0.1) is 8.59 Å². The van der Waals surface area contributed by atoms with E-state index < -0.39 is 0 Å². The van der Waals surface area contributed by atoms with Crippen LogP contribution in [-0.2, 0) is 0 Å². The molecule has 0 aliphatic heterocycles. The van der Waals surface area contributed by atoms with Crippen molar-refractivity contribution < 1.29 is 4.39 Å². The van der Waals surface area contributed by atoms with E-state index in [1.807, 2.05) is 22.6 Å². The minimum Gasteiger partial charge on any atom is -0.206 e. The predicted octanol–water partition coefficient (Wildman–Crippen LogP) is 3.85. The van der Waals surface area contributed by atoms with Crippen LogP contribution < -0.4 is 0 Å². The third-order valence-electron chi connectivity index (χ3n) is 0.988. The van der Waals surface area contributed by atoms with E-state index in [1.54, 1.807) is 6.07 Å². The molecule has 54 valence electrons. The molecule has 4 heteroatoms. The summed E-state index contributed by atoms with van der Waals surface area (Å²) in [6.07, 6.45) is 0. The van der Waals surface area contributed by atoms with Gasteiger partial charge in [-0.2, -0.15) is 0 Å². The Bertz CT molecular complexity index is 237. The summed E-state index contributed by atoms with van der Waals surface area (Å²) in [5.41, 5.74) is 0. The second kappa shape index (κ2) is 3.36. The van der Waals surface area contributed by atoms with Crippen molar-refractivity contribution in [3.8, 4) is 0 Å². The highest BCUT2D eigenvalue weighted by Gasteiger charge is 2.05. The number of benzene rings is 1. The van der Waals surface area contributed by atoms with Gasteiger partial charge in [0.2, 0.25) is 0 Å². The summed E-state index contributed by atoms with van der Waals surface area (Å²) in [5.74, 6) is -0.284. The van der Waals surface area contributed by atoms with Gasteiger partial charge in [-0.05, 0) is 50.7 Å². The Morgan fingerprint density at radius 1 is 1.50 bits per heavy atom. The molecule has 0 bridgehead atoms. The average Bonchev–Trinajstić information content (AvgIpc) is 1.93. The summed E-state index contributed by atoms with van der Waals surface area (Å²) in [4.78, 5) is 0. The van der Waals surface area contributed by atoms with E-state index in [9.17, 15) is 4.39 Å². The van der Waals surface area contributed by atoms with Crippen molar-refractivity contribution in [3.63, 3.8) is 0 Å². The van der Waals surface area contributed by atoms with Crippen LogP contribution in [0.2, 0.25) is 5.02 Å². The zero-order valence-corrected chi connectivity index (χ0v) is 9.17. The van der Waals surface area contributed by atoms with Crippen molar-refractivity contribution in [1.82, 2.24) is 0 Å². The monoisotopic (exact) mass is 334 g/mol. The van der Waals surface area contributed by atoms with Gasteiger partial charge in [-0.1, -0.05) is 11.6 Å². The van der Waals surface area contributed by atoms with Crippen LogP contribution in [0.4, 0.5) is 4.39 Å². The lowest BCUT2D eigenvalue weighted by atomic mass is 10.3. The van der Waals surface area contributed by atoms with Crippen LogP contribution >= 0.6 is 50.1 Å². The van der Waals surface area contributed by atoms with Crippen molar-refractivity contribution in [2.24, 2.45) is 0 Å². The Morgan fingerprint density at radius 3 is 2.60 bits per heavy atom. The van der Waals surface area contributed by atoms with E-state index >= 15 is 0 Å². The van der Waals surface area contributed by atoms with Crippen molar-refractivity contribution >= 4 is 50.1 Å². The molecule has 0 saturated carbocycles. The highest BCUT2D eigenvalue weighted by Crippen LogP contribution is 2.28. The van der Waals surface area contributed by atoms with E-state index in [4.69, 9.17) is 11.6 Å². The van der Waals surface area contributed by atoms with E-state index in [0.717, 1.165) is 4.47 Å². The fourth-order valence-corrected chi connectivity index (χ4v) is 1.83. The SMILES string of the molecule is Fc1ccc(Br)c(Cl)c1I. The number of hydrogen-bond acceptors (Lipinski definition) is 0.